The summed E-state index contributed by atoms with van der Waals surface area (Å²) in [5.41, 5.74) is 1.72. The van der Waals surface area contributed by atoms with Crippen LogP contribution < -0.4 is 0 Å². The maximum atomic E-state index is 11.2. The lowest BCUT2D eigenvalue weighted by Crippen LogP contribution is -2.05. The van der Waals surface area contributed by atoms with Crippen molar-refractivity contribution >= 4 is 17.0 Å². The summed E-state index contributed by atoms with van der Waals surface area (Å²) < 4.78 is 7.71. The maximum Gasteiger partial charge on any atom is 0.337 e. The lowest BCUT2D eigenvalue weighted by Gasteiger charge is -2.07. The molecule has 0 radical (unpaired) electrons. The first-order valence-corrected chi connectivity index (χ1v) is 7.43. The Bertz CT molecular complexity index is 659. The molecule has 5 heteroatoms. The summed E-state index contributed by atoms with van der Waals surface area (Å²) in [6.45, 7) is 4.34. The molecule has 0 unspecified atom stereocenters. The predicted octanol–water partition coefficient (Wildman–Crippen LogP) is 2.86. The van der Waals surface area contributed by atoms with Crippen molar-refractivity contribution in [2.45, 2.75) is 32.7 Å². The highest BCUT2D eigenvalue weighted by molar-refractivity contribution is 6.01. The number of imidazole rings is 1. The van der Waals surface area contributed by atoms with Crippen LogP contribution in [0.4, 0.5) is 0 Å². The van der Waals surface area contributed by atoms with E-state index < -0.39 is 5.97 Å². The molecule has 21 heavy (non-hydrogen) atoms. The minimum absolute atomic E-state index is 0.263. The van der Waals surface area contributed by atoms with Gasteiger partial charge in [0.1, 0.15) is 11.3 Å². The Kier molecular flexibility index (Phi) is 3.92. The van der Waals surface area contributed by atoms with Crippen LogP contribution in [0, 0.1) is 12.8 Å². The number of hydrogen-bond donors (Lipinski definition) is 1. The Morgan fingerprint density at radius 3 is 3.00 bits per heavy atom. The molecule has 1 aliphatic rings. The monoisotopic (exact) mass is 288 g/mol. The topological polar surface area (TPSA) is 64.3 Å². The number of nitrogens with zero attached hydrogens (tertiary/aromatic N) is 2. The van der Waals surface area contributed by atoms with Crippen molar-refractivity contribution in [3.05, 3.63) is 29.6 Å². The number of benzene rings is 1. The first-order chi connectivity index (χ1) is 10.2. The second-order valence-corrected chi connectivity index (χ2v) is 5.66. The van der Waals surface area contributed by atoms with Gasteiger partial charge in [-0.2, -0.15) is 0 Å². The molecule has 0 aliphatic heterocycles. The van der Waals surface area contributed by atoms with Crippen LogP contribution in [0.15, 0.2) is 18.2 Å². The Balaban J connectivity index is 1.70. The first kappa shape index (κ1) is 14.1. The highest BCUT2D eigenvalue weighted by atomic mass is 16.5. The Morgan fingerprint density at radius 2 is 2.29 bits per heavy atom. The van der Waals surface area contributed by atoms with Crippen LogP contribution in [0.3, 0.4) is 0 Å². The number of carboxylic acid groups (broad SMARTS) is 1. The fraction of sp³-hybridized carbons (Fsp3) is 0.500. The van der Waals surface area contributed by atoms with Gasteiger partial charge in [0.05, 0.1) is 11.1 Å². The van der Waals surface area contributed by atoms with E-state index in [1.807, 2.05) is 13.0 Å². The molecule has 1 aromatic carbocycles. The second kappa shape index (κ2) is 5.85. The van der Waals surface area contributed by atoms with Gasteiger partial charge in [-0.1, -0.05) is 6.07 Å². The minimum Gasteiger partial charge on any atom is -0.478 e. The van der Waals surface area contributed by atoms with Crippen LogP contribution in [0.25, 0.3) is 11.0 Å². The average Bonchev–Trinajstić information content (AvgIpc) is 3.22. The molecule has 1 fully saturated rings. The number of carboxylic acids is 1. The van der Waals surface area contributed by atoms with Gasteiger partial charge in [-0.05, 0) is 44.2 Å². The fourth-order valence-electron chi connectivity index (χ4n) is 2.58. The smallest absolute Gasteiger partial charge is 0.337 e. The van der Waals surface area contributed by atoms with Gasteiger partial charge in [-0.15, -0.1) is 0 Å². The third-order valence-corrected chi connectivity index (χ3v) is 3.92. The van der Waals surface area contributed by atoms with Crippen molar-refractivity contribution in [1.82, 2.24) is 9.55 Å². The van der Waals surface area contributed by atoms with Gasteiger partial charge in [0.25, 0.3) is 0 Å². The number of para-hydroxylation sites is 1. The van der Waals surface area contributed by atoms with Crippen LogP contribution in [-0.2, 0) is 11.3 Å². The van der Waals surface area contributed by atoms with E-state index in [4.69, 9.17) is 4.74 Å². The highest BCUT2D eigenvalue weighted by Gasteiger charge is 2.21. The average molecular weight is 288 g/mol. The summed E-state index contributed by atoms with van der Waals surface area (Å²) in [6.07, 6.45) is 3.53. The van der Waals surface area contributed by atoms with Crippen LogP contribution >= 0.6 is 0 Å². The summed E-state index contributed by atoms with van der Waals surface area (Å²) in [5.74, 6) is 0.706. The minimum atomic E-state index is -0.932. The summed E-state index contributed by atoms with van der Waals surface area (Å²) >= 11 is 0. The van der Waals surface area contributed by atoms with E-state index in [0.29, 0.717) is 5.52 Å². The molecule has 0 saturated heterocycles. The largest absolute Gasteiger partial charge is 0.478 e. The van der Waals surface area contributed by atoms with Crippen molar-refractivity contribution in [1.29, 1.82) is 0 Å². The molecule has 112 valence electrons. The van der Waals surface area contributed by atoms with E-state index >= 15 is 0 Å². The lowest BCUT2D eigenvalue weighted by molar-refractivity contribution is 0.0699. The van der Waals surface area contributed by atoms with E-state index in [1.54, 1.807) is 12.1 Å². The molecule has 0 atom stereocenters. The number of aromatic nitrogens is 2. The fourth-order valence-corrected chi connectivity index (χ4v) is 2.58. The zero-order chi connectivity index (χ0) is 14.8. The SMILES string of the molecule is Cc1nc2c(C(=O)O)cccc2n1CCCOCC1CC1. The molecule has 3 rings (SSSR count). The van der Waals surface area contributed by atoms with Gasteiger partial charge in [-0.25, -0.2) is 9.78 Å². The maximum absolute atomic E-state index is 11.2. The second-order valence-electron chi connectivity index (χ2n) is 5.66. The third-order valence-electron chi connectivity index (χ3n) is 3.92. The highest BCUT2D eigenvalue weighted by Crippen LogP contribution is 2.28. The van der Waals surface area contributed by atoms with Gasteiger partial charge in [-0.3, -0.25) is 0 Å². The third kappa shape index (κ3) is 3.08. The zero-order valence-electron chi connectivity index (χ0n) is 12.2. The normalized spacial score (nSPS) is 14.7. The number of rotatable bonds is 7. The molecule has 1 saturated carbocycles. The summed E-state index contributed by atoms with van der Waals surface area (Å²) in [6, 6.07) is 5.29. The van der Waals surface area contributed by atoms with Crippen LogP contribution in [0.5, 0.6) is 0 Å². The van der Waals surface area contributed by atoms with Crippen molar-refractivity contribution in [3.63, 3.8) is 0 Å². The van der Waals surface area contributed by atoms with E-state index in [1.165, 1.54) is 12.8 Å². The molecule has 2 aromatic rings. The van der Waals surface area contributed by atoms with Gasteiger partial charge >= 0.3 is 5.97 Å². The number of ether oxygens (including phenoxy) is 1. The van der Waals surface area contributed by atoms with Gasteiger partial charge in [0, 0.05) is 19.8 Å². The molecule has 5 nitrogen and oxygen atoms in total. The van der Waals surface area contributed by atoms with E-state index in [-0.39, 0.29) is 5.56 Å². The van der Waals surface area contributed by atoms with Crippen molar-refractivity contribution in [2.24, 2.45) is 5.92 Å². The molecule has 0 bridgehead atoms. The number of carbonyl (C=O) groups is 1. The van der Waals surface area contributed by atoms with E-state index in [0.717, 1.165) is 43.4 Å². The standard InChI is InChI=1S/C16H20N2O3/c1-11-17-15-13(16(19)20)4-2-5-14(15)18(11)8-3-9-21-10-12-6-7-12/h2,4-5,12H,3,6-10H2,1H3,(H,19,20). The predicted molar refractivity (Wildman–Crippen MR) is 79.6 cm³/mol. The van der Waals surface area contributed by atoms with Crippen LogP contribution in [0.1, 0.15) is 35.4 Å². The Labute approximate surface area is 123 Å². The van der Waals surface area contributed by atoms with Crippen molar-refractivity contribution in [2.75, 3.05) is 13.2 Å². The van der Waals surface area contributed by atoms with Crippen LogP contribution in [0.2, 0.25) is 0 Å². The molecular weight excluding hydrogens is 268 g/mol. The van der Waals surface area contributed by atoms with Gasteiger partial charge in [0.2, 0.25) is 0 Å². The lowest BCUT2D eigenvalue weighted by atomic mass is 10.2. The quantitative estimate of drug-likeness (QED) is 0.796. The first-order valence-electron chi connectivity index (χ1n) is 7.43. The van der Waals surface area contributed by atoms with Crippen molar-refractivity contribution in [3.8, 4) is 0 Å². The molecular formula is C16H20N2O3. The number of aromatic carboxylic acids is 1. The molecule has 1 heterocycles. The molecule has 1 N–H and O–H groups in total. The van der Waals surface area contributed by atoms with E-state index in [2.05, 4.69) is 9.55 Å². The summed E-state index contributed by atoms with van der Waals surface area (Å²) in [7, 11) is 0. The summed E-state index contributed by atoms with van der Waals surface area (Å²) in [5, 5.41) is 9.22. The number of fused-ring (bicyclic) bond motifs is 1. The molecule has 1 aliphatic carbocycles. The Morgan fingerprint density at radius 1 is 1.48 bits per heavy atom. The number of hydrogen-bond acceptors (Lipinski definition) is 3. The van der Waals surface area contributed by atoms with Crippen molar-refractivity contribution < 1.29 is 14.6 Å². The van der Waals surface area contributed by atoms with Crippen LogP contribution in [-0.4, -0.2) is 33.8 Å². The molecule has 1 aromatic heterocycles. The van der Waals surface area contributed by atoms with Gasteiger partial charge < -0.3 is 14.4 Å². The zero-order valence-corrected chi connectivity index (χ0v) is 12.2. The Hall–Kier alpha value is -1.88. The van der Waals surface area contributed by atoms with Gasteiger partial charge in [0.15, 0.2) is 0 Å². The molecule has 0 amide bonds. The molecule has 0 spiro atoms. The number of aryl methyl sites for hydroxylation is 2. The summed E-state index contributed by atoms with van der Waals surface area (Å²) in [4.78, 5) is 15.6. The van der Waals surface area contributed by atoms with E-state index in [9.17, 15) is 9.90 Å².